The number of nitrogens with zero attached hydrogens (tertiary/aromatic N) is 2. The molecule has 0 spiro atoms. The molecule has 2 aliphatic heterocycles. The maximum atomic E-state index is 13.6. The van der Waals surface area contributed by atoms with Gasteiger partial charge in [0.25, 0.3) is 11.7 Å². The second kappa shape index (κ2) is 10.6. The summed E-state index contributed by atoms with van der Waals surface area (Å²) in [7, 11) is 0. The maximum absolute atomic E-state index is 13.6. The zero-order valence-corrected chi connectivity index (χ0v) is 18.8. The monoisotopic (exact) mass is 466 g/mol. The van der Waals surface area contributed by atoms with Crippen LogP contribution in [0.2, 0.25) is 0 Å². The van der Waals surface area contributed by atoms with Crippen LogP contribution in [-0.4, -0.2) is 72.6 Å². The fraction of sp³-hybridized carbons (Fsp3) is 0.308. The third-order valence-electron chi connectivity index (χ3n) is 5.98. The van der Waals surface area contributed by atoms with Gasteiger partial charge in [-0.3, -0.25) is 14.5 Å². The summed E-state index contributed by atoms with van der Waals surface area (Å²) in [6.07, 6.45) is 1.62. The number of Topliss-reactive ketones (excluding diaryl/α,β-unsaturated/α-hetero) is 1. The molecule has 8 heteroatoms. The van der Waals surface area contributed by atoms with Crippen molar-refractivity contribution < 1.29 is 28.6 Å². The SMILES string of the molecule is C=CCOc1ccc(/C(O)=C2/C(=O)C(=O)N(CCN3CCOCC3)C2c2ccc(F)cc2)cc1. The van der Waals surface area contributed by atoms with Gasteiger partial charge in [-0.1, -0.05) is 24.8 Å². The molecule has 0 aromatic heterocycles. The molecule has 0 bridgehead atoms. The lowest BCUT2D eigenvalue weighted by Crippen LogP contribution is -2.42. The highest BCUT2D eigenvalue weighted by atomic mass is 19.1. The summed E-state index contributed by atoms with van der Waals surface area (Å²) in [6.45, 7) is 7.51. The quantitative estimate of drug-likeness (QED) is 0.279. The Balaban J connectivity index is 1.68. The molecule has 2 aromatic rings. The molecule has 2 aliphatic rings. The van der Waals surface area contributed by atoms with E-state index in [9.17, 15) is 19.1 Å². The van der Waals surface area contributed by atoms with Crippen molar-refractivity contribution in [2.24, 2.45) is 0 Å². The largest absolute Gasteiger partial charge is 0.507 e. The smallest absolute Gasteiger partial charge is 0.295 e. The van der Waals surface area contributed by atoms with Gasteiger partial charge in [-0.2, -0.15) is 0 Å². The minimum Gasteiger partial charge on any atom is -0.507 e. The van der Waals surface area contributed by atoms with Crippen LogP contribution in [0.5, 0.6) is 5.75 Å². The third-order valence-corrected chi connectivity index (χ3v) is 5.98. The minimum atomic E-state index is -0.821. The van der Waals surface area contributed by atoms with Gasteiger partial charge in [0.15, 0.2) is 0 Å². The van der Waals surface area contributed by atoms with Crippen molar-refractivity contribution in [3.8, 4) is 5.75 Å². The molecular formula is C26H27FN2O5. The number of halogens is 1. The molecule has 2 aromatic carbocycles. The highest BCUT2D eigenvalue weighted by Crippen LogP contribution is 2.39. The molecule has 1 unspecified atom stereocenters. The molecule has 1 atom stereocenters. The predicted octanol–water partition coefficient (Wildman–Crippen LogP) is 3.14. The Labute approximate surface area is 197 Å². The number of carbonyl (C=O) groups is 2. The number of ketones is 1. The molecule has 1 N–H and O–H groups in total. The first-order valence-corrected chi connectivity index (χ1v) is 11.2. The van der Waals surface area contributed by atoms with E-state index in [0.717, 1.165) is 13.1 Å². The van der Waals surface area contributed by atoms with Crippen LogP contribution < -0.4 is 4.74 Å². The highest BCUT2D eigenvalue weighted by molar-refractivity contribution is 6.46. The number of hydrogen-bond acceptors (Lipinski definition) is 6. The number of ether oxygens (including phenoxy) is 2. The summed E-state index contributed by atoms with van der Waals surface area (Å²) in [6, 6.07) is 11.4. The Morgan fingerprint density at radius 3 is 2.41 bits per heavy atom. The average molecular weight is 467 g/mol. The van der Waals surface area contributed by atoms with E-state index in [4.69, 9.17) is 9.47 Å². The predicted molar refractivity (Wildman–Crippen MR) is 125 cm³/mol. The molecular weight excluding hydrogens is 439 g/mol. The maximum Gasteiger partial charge on any atom is 0.295 e. The highest BCUT2D eigenvalue weighted by Gasteiger charge is 2.46. The summed E-state index contributed by atoms with van der Waals surface area (Å²) >= 11 is 0. The summed E-state index contributed by atoms with van der Waals surface area (Å²) in [5, 5.41) is 11.1. The molecule has 7 nitrogen and oxygen atoms in total. The Kier molecular flexibility index (Phi) is 7.40. The molecule has 178 valence electrons. The van der Waals surface area contributed by atoms with Crippen molar-refractivity contribution in [1.82, 2.24) is 9.80 Å². The van der Waals surface area contributed by atoms with Crippen LogP contribution in [0, 0.1) is 5.82 Å². The number of likely N-dealkylation sites (tertiary alicyclic amines) is 1. The number of aliphatic hydroxyl groups is 1. The van der Waals surface area contributed by atoms with E-state index in [-0.39, 0.29) is 17.9 Å². The lowest BCUT2D eigenvalue weighted by atomic mass is 9.95. The summed E-state index contributed by atoms with van der Waals surface area (Å²) in [4.78, 5) is 29.7. The number of aliphatic hydroxyl groups excluding tert-OH is 1. The van der Waals surface area contributed by atoms with Gasteiger partial charge in [0.1, 0.15) is 23.9 Å². The second-order valence-corrected chi connectivity index (χ2v) is 8.12. The van der Waals surface area contributed by atoms with E-state index in [1.165, 1.54) is 29.2 Å². The summed E-state index contributed by atoms with van der Waals surface area (Å²) in [5.41, 5.74) is 0.914. The number of amides is 1. The molecule has 2 heterocycles. The Hall–Kier alpha value is -3.49. The molecule has 34 heavy (non-hydrogen) atoms. The first-order chi connectivity index (χ1) is 16.5. The van der Waals surface area contributed by atoms with Crippen LogP contribution in [0.15, 0.2) is 66.8 Å². The Bertz CT molecular complexity index is 1080. The van der Waals surface area contributed by atoms with Crippen molar-refractivity contribution in [2.75, 3.05) is 46.0 Å². The van der Waals surface area contributed by atoms with Crippen molar-refractivity contribution in [2.45, 2.75) is 6.04 Å². The van der Waals surface area contributed by atoms with Crippen LogP contribution >= 0.6 is 0 Å². The molecule has 0 saturated carbocycles. The normalized spacial score (nSPS) is 20.5. The standard InChI is InChI=1S/C26H27FN2O5/c1-2-15-34-21-9-5-19(6-10-21)24(30)22-23(18-3-7-20(27)8-4-18)29(26(32)25(22)31)12-11-28-13-16-33-17-14-28/h2-10,23,30H,1,11-17H2/b24-22-. The average Bonchev–Trinajstić information content (AvgIpc) is 3.12. The van der Waals surface area contributed by atoms with Gasteiger partial charge >= 0.3 is 0 Å². The van der Waals surface area contributed by atoms with Crippen molar-refractivity contribution >= 4 is 17.4 Å². The summed E-state index contributed by atoms with van der Waals surface area (Å²) < 4.78 is 24.5. The fourth-order valence-electron chi connectivity index (χ4n) is 4.20. The second-order valence-electron chi connectivity index (χ2n) is 8.12. The van der Waals surface area contributed by atoms with E-state index in [0.29, 0.717) is 43.2 Å². The Morgan fingerprint density at radius 1 is 1.09 bits per heavy atom. The number of benzene rings is 2. The van der Waals surface area contributed by atoms with Crippen molar-refractivity contribution in [3.63, 3.8) is 0 Å². The van der Waals surface area contributed by atoms with Crippen LogP contribution in [0.1, 0.15) is 17.2 Å². The lowest BCUT2D eigenvalue weighted by Gasteiger charge is -2.31. The van der Waals surface area contributed by atoms with Gasteiger partial charge < -0.3 is 19.5 Å². The molecule has 0 radical (unpaired) electrons. The van der Waals surface area contributed by atoms with E-state index < -0.39 is 23.5 Å². The van der Waals surface area contributed by atoms with E-state index >= 15 is 0 Å². The summed E-state index contributed by atoms with van der Waals surface area (Å²) in [5.74, 6) is -1.57. The lowest BCUT2D eigenvalue weighted by molar-refractivity contribution is -0.140. The number of hydrogen-bond donors (Lipinski definition) is 1. The van der Waals surface area contributed by atoms with Crippen LogP contribution in [-0.2, 0) is 14.3 Å². The van der Waals surface area contributed by atoms with E-state index in [2.05, 4.69) is 11.5 Å². The van der Waals surface area contributed by atoms with Crippen LogP contribution in [0.25, 0.3) is 5.76 Å². The fourth-order valence-corrected chi connectivity index (χ4v) is 4.20. The van der Waals surface area contributed by atoms with Gasteiger partial charge in [0, 0.05) is 31.7 Å². The van der Waals surface area contributed by atoms with Crippen molar-refractivity contribution in [3.05, 3.63) is 83.7 Å². The number of morpholine rings is 1. The van der Waals surface area contributed by atoms with Gasteiger partial charge in [-0.25, -0.2) is 4.39 Å². The van der Waals surface area contributed by atoms with E-state index in [1.54, 1.807) is 30.3 Å². The molecule has 1 amide bonds. The van der Waals surface area contributed by atoms with E-state index in [1.807, 2.05) is 0 Å². The molecule has 4 rings (SSSR count). The van der Waals surface area contributed by atoms with Gasteiger partial charge in [0.05, 0.1) is 24.8 Å². The molecule has 0 aliphatic carbocycles. The third kappa shape index (κ3) is 5.03. The zero-order valence-electron chi connectivity index (χ0n) is 18.8. The van der Waals surface area contributed by atoms with Gasteiger partial charge in [-0.15, -0.1) is 0 Å². The first-order valence-electron chi connectivity index (χ1n) is 11.2. The van der Waals surface area contributed by atoms with Crippen molar-refractivity contribution in [1.29, 1.82) is 0 Å². The molecule has 2 saturated heterocycles. The number of rotatable bonds is 8. The zero-order chi connectivity index (χ0) is 24.1. The topological polar surface area (TPSA) is 79.3 Å². The van der Waals surface area contributed by atoms with Crippen LogP contribution in [0.4, 0.5) is 4.39 Å². The van der Waals surface area contributed by atoms with Crippen LogP contribution in [0.3, 0.4) is 0 Å². The van der Waals surface area contributed by atoms with Gasteiger partial charge in [-0.05, 0) is 42.0 Å². The Morgan fingerprint density at radius 2 is 1.76 bits per heavy atom. The first kappa shape index (κ1) is 23.7. The molecule has 2 fully saturated rings. The number of carbonyl (C=O) groups excluding carboxylic acids is 2. The minimum absolute atomic E-state index is 0.0154. The van der Waals surface area contributed by atoms with Gasteiger partial charge in [0.2, 0.25) is 0 Å².